The first kappa shape index (κ1) is 23.5. The molecule has 2 amide bonds. The van der Waals surface area contributed by atoms with E-state index in [0.29, 0.717) is 25.8 Å². The van der Waals surface area contributed by atoms with Gasteiger partial charge in [0.2, 0.25) is 0 Å². The van der Waals surface area contributed by atoms with Crippen LogP contribution in [-0.2, 0) is 20.9 Å². The van der Waals surface area contributed by atoms with Crippen LogP contribution in [0.5, 0.6) is 5.75 Å². The molecule has 2 aromatic rings. The molecule has 0 atom stereocenters. The molecule has 0 saturated carbocycles. The van der Waals surface area contributed by atoms with Crippen LogP contribution in [-0.4, -0.2) is 35.2 Å². The molecule has 31 heavy (non-hydrogen) atoms. The zero-order chi connectivity index (χ0) is 22.5. The Kier molecular flexibility index (Phi) is 7.90. The molecule has 0 radical (unpaired) electrons. The molecule has 0 unspecified atom stereocenters. The van der Waals surface area contributed by atoms with Crippen molar-refractivity contribution < 1.29 is 28.2 Å². The van der Waals surface area contributed by atoms with E-state index in [2.05, 4.69) is 31.9 Å². The smallest absolute Gasteiger partial charge is 0.326 e. The van der Waals surface area contributed by atoms with Crippen LogP contribution in [0.25, 0.3) is 6.08 Å². The third kappa shape index (κ3) is 5.75. The van der Waals surface area contributed by atoms with Crippen molar-refractivity contribution in [3.8, 4) is 5.75 Å². The lowest BCUT2D eigenvalue weighted by Crippen LogP contribution is -2.34. The summed E-state index contributed by atoms with van der Waals surface area (Å²) in [7, 11) is 0. The molecule has 0 N–H and O–H groups in total. The molecule has 1 aliphatic rings. The summed E-state index contributed by atoms with van der Waals surface area (Å²) in [6.45, 7) is 1.42. The topological polar surface area (TPSA) is 72.9 Å². The second-order valence-corrected chi connectivity index (χ2v) is 8.97. The van der Waals surface area contributed by atoms with Crippen LogP contribution in [0.4, 0.5) is 9.18 Å². The number of amides is 2. The standard InChI is InChI=1S/C21H16Br2FNO5S/c1-2-29-18(26)10-25-20(27)17(31-21(25)28)9-12-7-14(22)19(15(23)8-12)30-11-13-5-3-4-6-16(13)24/h3-9H,2,10-11H2,1H3/b17-9-. The fraction of sp³-hybridized carbons (Fsp3) is 0.190. The predicted molar refractivity (Wildman–Crippen MR) is 122 cm³/mol. The molecule has 0 spiro atoms. The maximum atomic E-state index is 13.8. The third-order valence-electron chi connectivity index (χ3n) is 4.11. The molecule has 0 aromatic heterocycles. The van der Waals surface area contributed by atoms with Gasteiger partial charge < -0.3 is 9.47 Å². The lowest BCUT2D eigenvalue weighted by molar-refractivity contribution is -0.145. The number of carbonyl (C=O) groups is 3. The largest absolute Gasteiger partial charge is 0.486 e. The molecule has 1 aliphatic heterocycles. The molecule has 0 bridgehead atoms. The Morgan fingerprint density at radius 3 is 2.52 bits per heavy atom. The highest BCUT2D eigenvalue weighted by molar-refractivity contribution is 9.11. The van der Waals surface area contributed by atoms with Crippen molar-refractivity contribution in [3.63, 3.8) is 0 Å². The summed E-state index contributed by atoms with van der Waals surface area (Å²) in [6.07, 6.45) is 1.55. The zero-order valence-corrected chi connectivity index (χ0v) is 20.2. The van der Waals surface area contributed by atoms with Crippen LogP contribution >= 0.6 is 43.6 Å². The van der Waals surface area contributed by atoms with Crippen LogP contribution in [0, 0.1) is 5.82 Å². The minimum atomic E-state index is -0.645. The Labute approximate surface area is 199 Å². The van der Waals surface area contributed by atoms with Gasteiger partial charge in [-0.05, 0) is 80.4 Å². The minimum Gasteiger partial charge on any atom is -0.486 e. The van der Waals surface area contributed by atoms with Crippen LogP contribution in [0.15, 0.2) is 50.2 Å². The normalized spacial score (nSPS) is 15.0. The fourth-order valence-corrected chi connectivity index (χ4v) is 4.98. The number of rotatable bonds is 7. The molecule has 0 aliphatic carbocycles. The van der Waals surface area contributed by atoms with E-state index in [9.17, 15) is 18.8 Å². The van der Waals surface area contributed by atoms with Crippen molar-refractivity contribution in [1.29, 1.82) is 0 Å². The van der Waals surface area contributed by atoms with Gasteiger partial charge in [-0.3, -0.25) is 19.3 Å². The summed E-state index contributed by atoms with van der Waals surface area (Å²) in [5.74, 6) is -1.09. The molecule has 1 heterocycles. The summed E-state index contributed by atoms with van der Waals surface area (Å²) in [5, 5.41) is -0.535. The van der Waals surface area contributed by atoms with Crippen molar-refractivity contribution in [3.05, 3.63) is 67.2 Å². The van der Waals surface area contributed by atoms with E-state index in [1.165, 1.54) is 6.07 Å². The Morgan fingerprint density at radius 1 is 1.19 bits per heavy atom. The number of carbonyl (C=O) groups excluding carboxylic acids is 3. The number of halogens is 3. The van der Waals surface area contributed by atoms with Gasteiger partial charge in [-0.25, -0.2) is 4.39 Å². The van der Waals surface area contributed by atoms with E-state index in [4.69, 9.17) is 9.47 Å². The molecule has 1 fully saturated rings. The Hall–Kier alpha value is -2.17. The molecular formula is C21H16Br2FNO5S. The van der Waals surface area contributed by atoms with Gasteiger partial charge in [-0.2, -0.15) is 0 Å². The van der Waals surface area contributed by atoms with E-state index in [0.717, 1.165) is 16.7 Å². The predicted octanol–water partition coefficient (Wildman–Crippen LogP) is 5.53. The van der Waals surface area contributed by atoms with E-state index < -0.39 is 23.7 Å². The van der Waals surface area contributed by atoms with Crippen molar-refractivity contribution >= 4 is 66.8 Å². The highest BCUT2D eigenvalue weighted by Gasteiger charge is 2.36. The van der Waals surface area contributed by atoms with Crippen LogP contribution in [0.2, 0.25) is 0 Å². The second-order valence-electron chi connectivity index (χ2n) is 6.27. The minimum absolute atomic E-state index is 0.0377. The lowest BCUT2D eigenvalue weighted by atomic mass is 10.2. The highest BCUT2D eigenvalue weighted by atomic mass is 79.9. The summed E-state index contributed by atoms with van der Waals surface area (Å²) >= 11 is 7.59. The van der Waals surface area contributed by atoms with Crippen LogP contribution in [0.1, 0.15) is 18.1 Å². The van der Waals surface area contributed by atoms with E-state index in [1.807, 2.05) is 0 Å². The Balaban J connectivity index is 1.76. The quantitative estimate of drug-likeness (QED) is 0.321. The molecule has 6 nitrogen and oxygen atoms in total. The SMILES string of the molecule is CCOC(=O)CN1C(=O)S/C(=C\c2cc(Br)c(OCc3ccccc3F)c(Br)c2)C1=O. The molecule has 162 valence electrons. The van der Waals surface area contributed by atoms with Crippen molar-refractivity contribution in [2.75, 3.05) is 13.2 Å². The number of thioether (sulfide) groups is 1. The second kappa shape index (κ2) is 10.4. The Morgan fingerprint density at radius 2 is 1.87 bits per heavy atom. The average Bonchev–Trinajstić information content (AvgIpc) is 2.96. The highest BCUT2D eigenvalue weighted by Crippen LogP contribution is 2.38. The molecule has 2 aromatic carbocycles. The average molecular weight is 573 g/mol. The summed E-state index contributed by atoms with van der Waals surface area (Å²) < 4.78 is 25.5. The van der Waals surface area contributed by atoms with Gasteiger partial charge >= 0.3 is 5.97 Å². The Bertz CT molecular complexity index is 1050. The first-order valence-corrected chi connectivity index (χ1v) is 11.5. The summed E-state index contributed by atoms with van der Waals surface area (Å²) in [5.41, 5.74) is 1.04. The van der Waals surface area contributed by atoms with E-state index in [1.54, 1.807) is 43.3 Å². The van der Waals surface area contributed by atoms with Gasteiger partial charge in [0.1, 0.15) is 24.7 Å². The van der Waals surface area contributed by atoms with Crippen LogP contribution < -0.4 is 4.74 Å². The van der Waals surface area contributed by atoms with Gasteiger partial charge in [0.25, 0.3) is 11.1 Å². The fourth-order valence-electron chi connectivity index (χ4n) is 2.69. The van der Waals surface area contributed by atoms with E-state index >= 15 is 0 Å². The third-order valence-corrected chi connectivity index (χ3v) is 6.20. The van der Waals surface area contributed by atoms with Gasteiger partial charge in [0.15, 0.2) is 0 Å². The molecule has 3 rings (SSSR count). The summed E-state index contributed by atoms with van der Waals surface area (Å²) in [4.78, 5) is 37.3. The first-order valence-electron chi connectivity index (χ1n) is 9.06. The number of nitrogens with zero attached hydrogens (tertiary/aromatic N) is 1. The maximum Gasteiger partial charge on any atom is 0.326 e. The number of ether oxygens (including phenoxy) is 2. The number of esters is 1. The van der Waals surface area contributed by atoms with E-state index in [-0.39, 0.29) is 23.9 Å². The molecular weight excluding hydrogens is 557 g/mol. The summed E-state index contributed by atoms with van der Waals surface area (Å²) in [6, 6.07) is 9.75. The van der Waals surface area contributed by atoms with Gasteiger partial charge in [0.05, 0.1) is 20.5 Å². The zero-order valence-electron chi connectivity index (χ0n) is 16.2. The lowest BCUT2D eigenvalue weighted by Gasteiger charge is -2.12. The van der Waals surface area contributed by atoms with Crippen molar-refractivity contribution in [2.24, 2.45) is 0 Å². The van der Waals surface area contributed by atoms with Gasteiger partial charge in [0, 0.05) is 5.56 Å². The number of benzene rings is 2. The van der Waals surface area contributed by atoms with Crippen LogP contribution in [0.3, 0.4) is 0 Å². The molecule has 10 heteroatoms. The first-order chi connectivity index (χ1) is 14.8. The monoisotopic (exact) mass is 571 g/mol. The number of hydrogen-bond acceptors (Lipinski definition) is 6. The number of hydrogen-bond donors (Lipinski definition) is 0. The van der Waals surface area contributed by atoms with Gasteiger partial charge in [-0.1, -0.05) is 18.2 Å². The number of imide groups is 1. The molecule has 1 saturated heterocycles. The van der Waals surface area contributed by atoms with Crippen molar-refractivity contribution in [2.45, 2.75) is 13.5 Å². The van der Waals surface area contributed by atoms with Crippen molar-refractivity contribution in [1.82, 2.24) is 4.90 Å². The van der Waals surface area contributed by atoms with Gasteiger partial charge in [-0.15, -0.1) is 0 Å². The maximum absolute atomic E-state index is 13.8.